The molecule has 138 valence electrons. The molecular formula is C20H19ClN4O2. The zero-order valence-electron chi connectivity index (χ0n) is 15.0. The molecular weight excluding hydrogens is 364 g/mol. The summed E-state index contributed by atoms with van der Waals surface area (Å²) < 4.78 is 12.8. The van der Waals surface area contributed by atoms with Gasteiger partial charge >= 0.3 is 0 Å². The second-order valence-electron chi connectivity index (χ2n) is 6.10. The highest BCUT2D eigenvalue weighted by atomic mass is 35.5. The van der Waals surface area contributed by atoms with Gasteiger partial charge in [0.1, 0.15) is 18.5 Å². The van der Waals surface area contributed by atoms with Crippen LogP contribution in [0.4, 0.5) is 0 Å². The van der Waals surface area contributed by atoms with Gasteiger partial charge in [-0.15, -0.1) is 16.6 Å². The van der Waals surface area contributed by atoms with Crippen molar-refractivity contribution < 1.29 is 9.47 Å². The number of rotatable bonds is 5. The number of allylic oxidation sites excluding steroid dienone is 1. The Morgan fingerprint density at radius 2 is 2.22 bits per heavy atom. The van der Waals surface area contributed by atoms with Crippen molar-refractivity contribution in [2.24, 2.45) is 0 Å². The van der Waals surface area contributed by atoms with Crippen molar-refractivity contribution in [3.63, 3.8) is 0 Å². The van der Waals surface area contributed by atoms with Crippen molar-refractivity contribution in [2.75, 3.05) is 13.7 Å². The van der Waals surface area contributed by atoms with Crippen LogP contribution in [0.25, 0.3) is 11.6 Å². The predicted octanol–water partition coefficient (Wildman–Crippen LogP) is 3.74. The number of hydrogen-bond acceptors (Lipinski definition) is 5. The SMILES string of the molecule is C#CCOc1c(Cl)cc(/C=C(\C#N)c2nnc3n2CCCCC3)cc1OC. The maximum absolute atomic E-state index is 9.69. The van der Waals surface area contributed by atoms with Gasteiger partial charge < -0.3 is 14.0 Å². The quantitative estimate of drug-likeness (QED) is 0.581. The van der Waals surface area contributed by atoms with E-state index < -0.39 is 0 Å². The third kappa shape index (κ3) is 4.07. The fourth-order valence-corrected chi connectivity index (χ4v) is 3.35. The van der Waals surface area contributed by atoms with Crippen LogP contribution in [-0.4, -0.2) is 28.5 Å². The molecule has 0 amide bonds. The first-order valence-corrected chi connectivity index (χ1v) is 9.03. The van der Waals surface area contributed by atoms with E-state index in [4.69, 9.17) is 27.5 Å². The van der Waals surface area contributed by atoms with Crippen LogP contribution >= 0.6 is 11.6 Å². The lowest BCUT2D eigenvalue weighted by molar-refractivity contribution is 0.331. The molecule has 1 aromatic carbocycles. The second kappa shape index (κ2) is 8.62. The van der Waals surface area contributed by atoms with Gasteiger partial charge in [-0.25, -0.2) is 0 Å². The zero-order valence-corrected chi connectivity index (χ0v) is 15.8. The maximum atomic E-state index is 9.69. The van der Waals surface area contributed by atoms with E-state index >= 15 is 0 Å². The van der Waals surface area contributed by atoms with E-state index in [2.05, 4.69) is 22.2 Å². The van der Waals surface area contributed by atoms with Crippen molar-refractivity contribution in [3.8, 4) is 29.9 Å². The molecule has 1 aliphatic rings. The van der Waals surface area contributed by atoms with Crippen molar-refractivity contribution in [2.45, 2.75) is 32.2 Å². The number of nitrogens with zero attached hydrogens (tertiary/aromatic N) is 4. The maximum Gasteiger partial charge on any atom is 0.181 e. The summed E-state index contributed by atoms with van der Waals surface area (Å²) in [7, 11) is 1.52. The summed E-state index contributed by atoms with van der Waals surface area (Å²) in [6, 6.07) is 5.67. The molecule has 0 saturated heterocycles. The van der Waals surface area contributed by atoms with Crippen LogP contribution in [0, 0.1) is 23.7 Å². The number of nitriles is 1. The second-order valence-corrected chi connectivity index (χ2v) is 6.51. The van der Waals surface area contributed by atoms with Crippen molar-refractivity contribution >= 4 is 23.3 Å². The Kier molecular flexibility index (Phi) is 6.01. The molecule has 0 unspecified atom stereocenters. The van der Waals surface area contributed by atoms with E-state index in [0.717, 1.165) is 38.1 Å². The summed E-state index contributed by atoms with van der Waals surface area (Å²) in [5.74, 6) is 4.73. The first kappa shape index (κ1) is 18.8. The highest BCUT2D eigenvalue weighted by Gasteiger charge is 2.18. The Morgan fingerprint density at radius 1 is 1.37 bits per heavy atom. The molecule has 7 heteroatoms. The highest BCUT2D eigenvalue weighted by molar-refractivity contribution is 6.32. The Balaban J connectivity index is 2.00. The lowest BCUT2D eigenvalue weighted by Crippen LogP contribution is -2.05. The number of methoxy groups -OCH3 is 1. The van der Waals surface area contributed by atoms with Crippen molar-refractivity contribution in [1.29, 1.82) is 5.26 Å². The summed E-state index contributed by atoms with van der Waals surface area (Å²) in [5.41, 5.74) is 1.12. The predicted molar refractivity (Wildman–Crippen MR) is 103 cm³/mol. The van der Waals surface area contributed by atoms with Crippen molar-refractivity contribution in [1.82, 2.24) is 14.8 Å². The molecule has 0 aliphatic carbocycles. The number of benzene rings is 1. The molecule has 0 atom stereocenters. The van der Waals surface area contributed by atoms with Gasteiger partial charge in [0, 0.05) is 13.0 Å². The summed E-state index contributed by atoms with van der Waals surface area (Å²) in [5, 5.41) is 18.5. The first-order chi connectivity index (χ1) is 13.2. The van der Waals surface area contributed by atoms with Crippen LogP contribution in [0.15, 0.2) is 12.1 Å². The minimum absolute atomic E-state index is 0.0839. The van der Waals surface area contributed by atoms with E-state index in [1.54, 1.807) is 18.2 Å². The molecule has 2 heterocycles. The standard InChI is InChI=1S/C20H19ClN4O2/c1-3-9-27-19-16(21)11-14(12-17(19)26-2)10-15(13-22)20-24-23-18-7-5-4-6-8-25(18)20/h1,10-12H,4-9H2,2H3/b15-10+. The normalized spacial score (nSPS) is 13.9. The molecule has 1 aromatic heterocycles. The minimum Gasteiger partial charge on any atom is -0.493 e. The molecule has 3 rings (SSSR count). The van der Waals surface area contributed by atoms with E-state index in [1.807, 2.05) is 4.57 Å². The van der Waals surface area contributed by atoms with E-state index in [9.17, 15) is 5.26 Å². The average Bonchev–Trinajstić information content (AvgIpc) is 2.92. The number of terminal acetylenes is 1. The molecule has 0 radical (unpaired) electrons. The van der Waals surface area contributed by atoms with Gasteiger partial charge in [0.2, 0.25) is 0 Å². The van der Waals surface area contributed by atoms with Gasteiger partial charge in [-0.3, -0.25) is 0 Å². The number of aryl methyl sites for hydroxylation is 1. The molecule has 0 fully saturated rings. The monoisotopic (exact) mass is 382 g/mol. The number of hydrogen-bond donors (Lipinski definition) is 0. The summed E-state index contributed by atoms with van der Waals surface area (Å²) in [4.78, 5) is 0. The number of halogens is 1. The van der Waals surface area contributed by atoms with Crippen LogP contribution in [-0.2, 0) is 13.0 Å². The van der Waals surface area contributed by atoms with Crippen LogP contribution in [0.1, 0.15) is 36.5 Å². The molecule has 0 bridgehead atoms. The van der Waals surface area contributed by atoms with E-state index in [-0.39, 0.29) is 6.61 Å². The summed E-state index contributed by atoms with van der Waals surface area (Å²) in [6.45, 7) is 0.903. The van der Waals surface area contributed by atoms with Gasteiger partial charge in [-0.05, 0) is 36.6 Å². The molecule has 0 saturated carbocycles. The summed E-state index contributed by atoms with van der Waals surface area (Å²) >= 11 is 6.32. The Hall–Kier alpha value is -2.96. The van der Waals surface area contributed by atoms with Gasteiger partial charge in [0.05, 0.1) is 17.7 Å². The Labute approximate surface area is 163 Å². The number of fused-ring (bicyclic) bond motifs is 1. The third-order valence-corrected chi connectivity index (χ3v) is 4.61. The lowest BCUT2D eigenvalue weighted by Gasteiger charge is -2.12. The van der Waals surface area contributed by atoms with Gasteiger partial charge in [-0.2, -0.15) is 5.26 Å². The molecule has 0 spiro atoms. The number of aromatic nitrogens is 3. The van der Waals surface area contributed by atoms with Crippen molar-refractivity contribution in [3.05, 3.63) is 34.4 Å². The number of ether oxygens (including phenoxy) is 2. The lowest BCUT2D eigenvalue weighted by atomic mass is 10.1. The van der Waals surface area contributed by atoms with Gasteiger partial charge in [-0.1, -0.05) is 23.9 Å². The summed E-state index contributed by atoms with van der Waals surface area (Å²) in [6.07, 6.45) is 11.1. The van der Waals surface area contributed by atoms with Gasteiger partial charge in [0.25, 0.3) is 0 Å². The third-order valence-electron chi connectivity index (χ3n) is 4.33. The minimum atomic E-state index is 0.0839. The highest BCUT2D eigenvalue weighted by Crippen LogP contribution is 2.37. The van der Waals surface area contributed by atoms with Crippen LogP contribution in [0.2, 0.25) is 5.02 Å². The zero-order chi connectivity index (χ0) is 19.2. The largest absolute Gasteiger partial charge is 0.493 e. The molecule has 2 aromatic rings. The molecule has 6 nitrogen and oxygen atoms in total. The Bertz CT molecular complexity index is 950. The molecule has 27 heavy (non-hydrogen) atoms. The molecule has 0 N–H and O–H groups in total. The van der Waals surface area contributed by atoms with Crippen LogP contribution in [0.3, 0.4) is 0 Å². The van der Waals surface area contributed by atoms with Crippen LogP contribution in [0.5, 0.6) is 11.5 Å². The molecule has 1 aliphatic heterocycles. The van der Waals surface area contributed by atoms with Crippen LogP contribution < -0.4 is 9.47 Å². The average molecular weight is 383 g/mol. The fraction of sp³-hybridized carbons (Fsp3) is 0.350. The van der Waals surface area contributed by atoms with Gasteiger partial charge in [0.15, 0.2) is 17.3 Å². The fourth-order valence-electron chi connectivity index (χ4n) is 3.07. The Morgan fingerprint density at radius 3 is 2.96 bits per heavy atom. The first-order valence-electron chi connectivity index (χ1n) is 8.66. The van der Waals surface area contributed by atoms with E-state index in [1.165, 1.54) is 7.11 Å². The smallest absolute Gasteiger partial charge is 0.181 e. The van der Waals surface area contributed by atoms with E-state index in [0.29, 0.717) is 33.5 Å². The topological polar surface area (TPSA) is 73.0 Å².